The van der Waals surface area contributed by atoms with Crippen molar-refractivity contribution in [2.75, 3.05) is 31.6 Å². The van der Waals surface area contributed by atoms with Crippen molar-refractivity contribution >= 4 is 5.82 Å². The predicted octanol–water partition coefficient (Wildman–Crippen LogP) is 1.98. The molecule has 0 aromatic carbocycles. The molecule has 0 saturated carbocycles. The summed E-state index contributed by atoms with van der Waals surface area (Å²) >= 11 is 0. The maximum Gasteiger partial charge on any atom is 0.133 e. The van der Waals surface area contributed by atoms with Crippen molar-refractivity contribution in [2.24, 2.45) is 0 Å². The summed E-state index contributed by atoms with van der Waals surface area (Å²) in [5, 5.41) is 3.29. The third kappa shape index (κ3) is 2.82. The molecule has 18 heavy (non-hydrogen) atoms. The molecule has 100 valence electrons. The van der Waals surface area contributed by atoms with Crippen LogP contribution in [0.15, 0.2) is 18.3 Å². The molecule has 1 aliphatic heterocycles. The average Bonchev–Trinajstić information content (AvgIpc) is 2.46. The highest BCUT2D eigenvalue weighted by Gasteiger charge is 2.23. The zero-order valence-corrected chi connectivity index (χ0v) is 11.5. The zero-order chi connectivity index (χ0) is 13.0. The van der Waals surface area contributed by atoms with Crippen LogP contribution >= 0.6 is 0 Å². The van der Waals surface area contributed by atoms with Crippen molar-refractivity contribution in [3.05, 3.63) is 23.9 Å². The van der Waals surface area contributed by atoms with Gasteiger partial charge in [0.15, 0.2) is 0 Å². The molecule has 2 unspecified atom stereocenters. The Morgan fingerprint density at radius 1 is 1.61 bits per heavy atom. The van der Waals surface area contributed by atoms with Gasteiger partial charge in [0.05, 0.1) is 12.7 Å². The molecule has 0 amide bonds. The van der Waals surface area contributed by atoms with Crippen LogP contribution in [0.5, 0.6) is 0 Å². The van der Waals surface area contributed by atoms with Gasteiger partial charge < -0.3 is 15.0 Å². The third-order valence-corrected chi connectivity index (χ3v) is 3.61. The molecule has 1 aromatic heterocycles. The molecule has 1 N–H and O–H groups in total. The summed E-state index contributed by atoms with van der Waals surface area (Å²) in [7, 11) is 1.98. The van der Waals surface area contributed by atoms with Gasteiger partial charge in [0.1, 0.15) is 5.82 Å². The number of nitrogens with one attached hydrogen (secondary N) is 1. The Hall–Kier alpha value is -1.13. The molecule has 4 nitrogen and oxygen atoms in total. The van der Waals surface area contributed by atoms with Crippen LogP contribution in [0.1, 0.15) is 31.9 Å². The van der Waals surface area contributed by atoms with Crippen LogP contribution in [0.3, 0.4) is 0 Å². The van der Waals surface area contributed by atoms with Crippen molar-refractivity contribution < 1.29 is 4.74 Å². The van der Waals surface area contributed by atoms with E-state index in [2.05, 4.69) is 35.1 Å². The lowest BCUT2D eigenvalue weighted by Crippen LogP contribution is -2.43. The number of pyridine rings is 1. The van der Waals surface area contributed by atoms with Gasteiger partial charge in [-0.1, -0.05) is 13.0 Å². The first-order valence-corrected chi connectivity index (χ1v) is 6.75. The van der Waals surface area contributed by atoms with E-state index in [4.69, 9.17) is 4.74 Å². The fourth-order valence-corrected chi connectivity index (χ4v) is 2.33. The largest absolute Gasteiger partial charge is 0.375 e. The van der Waals surface area contributed by atoms with Crippen molar-refractivity contribution in [3.8, 4) is 0 Å². The Balaban J connectivity index is 2.21. The van der Waals surface area contributed by atoms with Crippen molar-refractivity contribution in [2.45, 2.75) is 32.4 Å². The molecule has 2 heterocycles. The molecular weight excluding hydrogens is 226 g/mol. The summed E-state index contributed by atoms with van der Waals surface area (Å²) in [6.07, 6.45) is 3.26. The quantitative estimate of drug-likeness (QED) is 0.885. The van der Waals surface area contributed by atoms with E-state index in [0.717, 1.165) is 31.9 Å². The number of morpholine rings is 1. The smallest absolute Gasteiger partial charge is 0.133 e. The van der Waals surface area contributed by atoms with Crippen molar-refractivity contribution in [1.82, 2.24) is 10.3 Å². The van der Waals surface area contributed by atoms with Gasteiger partial charge in [0.2, 0.25) is 0 Å². The minimum absolute atomic E-state index is 0.316. The summed E-state index contributed by atoms with van der Waals surface area (Å²) in [6, 6.07) is 4.47. The number of aromatic nitrogens is 1. The van der Waals surface area contributed by atoms with E-state index >= 15 is 0 Å². The van der Waals surface area contributed by atoms with Gasteiger partial charge in [-0.3, -0.25) is 0 Å². The minimum atomic E-state index is 0.316. The Bertz CT molecular complexity index is 383. The molecule has 1 saturated heterocycles. The van der Waals surface area contributed by atoms with Crippen molar-refractivity contribution in [1.29, 1.82) is 0 Å². The normalized spacial score (nSPS) is 21.9. The van der Waals surface area contributed by atoms with E-state index in [1.165, 1.54) is 5.56 Å². The van der Waals surface area contributed by atoms with E-state index in [1.807, 2.05) is 19.3 Å². The standard InChI is InChI=1S/C14H23N3O/c1-4-12-10-17(8-9-18-12)14-13(11(2)15-3)6-5-7-16-14/h5-7,11-12,15H,4,8-10H2,1-3H3. The van der Waals surface area contributed by atoms with Gasteiger partial charge in [-0.2, -0.15) is 0 Å². The van der Waals surface area contributed by atoms with Crippen LogP contribution < -0.4 is 10.2 Å². The number of nitrogens with zero attached hydrogens (tertiary/aromatic N) is 2. The number of ether oxygens (including phenoxy) is 1. The average molecular weight is 249 g/mol. The van der Waals surface area contributed by atoms with Gasteiger partial charge in [-0.15, -0.1) is 0 Å². The molecule has 4 heteroatoms. The van der Waals surface area contributed by atoms with E-state index in [1.54, 1.807) is 0 Å². The molecule has 0 aliphatic carbocycles. The second-order valence-corrected chi connectivity index (χ2v) is 4.77. The molecule has 2 atom stereocenters. The van der Waals surface area contributed by atoms with Gasteiger partial charge in [-0.05, 0) is 26.5 Å². The summed E-state index contributed by atoms with van der Waals surface area (Å²) in [5.74, 6) is 1.10. The Labute approximate surface area is 109 Å². The highest BCUT2D eigenvalue weighted by atomic mass is 16.5. The number of anilines is 1. The third-order valence-electron chi connectivity index (χ3n) is 3.61. The van der Waals surface area contributed by atoms with Crippen LogP contribution in [-0.2, 0) is 4.74 Å². The fraction of sp³-hybridized carbons (Fsp3) is 0.643. The van der Waals surface area contributed by atoms with Crippen molar-refractivity contribution in [3.63, 3.8) is 0 Å². The monoisotopic (exact) mass is 249 g/mol. The topological polar surface area (TPSA) is 37.4 Å². The van der Waals surface area contributed by atoms with Crippen LogP contribution in [0.4, 0.5) is 5.82 Å². The van der Waals surface area contributed by atoms with E-state index in [-0.39, 0.29) is 0 Å². The van der Waals surface area contributed by atoms with Gasteiger partial charge >= 0.3 is 0 Å². The number of hydrogen-bond acceptors (Lipinski definition) is 4. The van der Waals surface area contributed by atoms with Gasteiger partial charge in [0, 0.05) is 30.9 Å². The molecule has 1 fully saturated rings. The Morgan fingerprint density at radius 3 is 3.17 bits per heavy atom. The lowest BCUT2D eigenvalue weighted by atomic mass is 10.1. The SMILES string of the molecule is CCC1CN(c2ncccc2C(C)NC)CCO1. The molecule has 0 radical (unpaired) electrons. The van der Waals surface area contributed by atoms with Crippen LogP contribution in [0.25, 0.3) is 0 Å². The van der Waals surface area contributed by atoms with E-state index < -0.39 is 0 Å². The first-order chi connectivity index (χ1) is 8.76. The number of hydrogen-bond donors (Lipinski definition) is 1. The van der Waals surface area contributed by atoms with Gasteiger partial charge in [0.25, 0.3) is 0 Å². The molecule has 2 rings (SSSR count). The van der Waals surface area contributed by atoms with Crippen LogP contribution in [0, 0.1) is 0 Å². The highest BCUT2D eigenvalue weighted by molar-refractivity contribution is 5.48. The zero-order valence-electron chi connectivity index (χ0n) is 11.5. The maximum atomic E-state index is 5.72. The first kappa shape index (κ1) is 13.3. The predicted molar refractivity (Wildman–Crippen MR) is 74.0 cm³/mol. The molecule has 1 aromatic rings. The second-order valence-electron chi connectivity index (χ2n) is 4.77. The number of rotatable bonds is 4. The fourth-order valence-electron chi connectivity index (χ4n) is 2.33. The second kappa shape index (κ2) is 6.16. The van der Waals surface area contributed by atoms with E-state index in [9.17, 15) is 0 Å². The Kier molecular flexibility index (Phi) is 4.55. The van der Waals surface area contributed by atoms with Gasteiger partial charge in [-0.25, -0.2) is 4.98 Å². The molecule has 0 spiro atoms. The van der Waals surface area contributed by atoms with Crippen LogP contribution in [0.2, 0.25) is 0 Å². The van der Waals surface area contributed by atoms with E-state index in [0.29, 0.717) is 12.1 Å². The highest BCUT2D eigenvalue weighted by Crippen LogP contribution is 2.25. The first-order valence-electron chi connectivity index (χ1n) is 6.75. The van der Waals surface area contributed by atoms with Crippen LogP contribution in [-0.4, -0.2) is 37.8 Å². The summed E-state index contributed by atoms with van der Waals surface area (Å²) in [6.45, 7) is 7.00. The maximum absolute atomic E-state index is 5.72. The summed E-state index contributed by atoms with van der Waals surface area (Å²) in [4.78, 5) is 6.92. The summed E-state index contributed by atoms with van der Waals surface area (Å²) < 4.78 is 5.72. The molecule has 0 bridgehead atoms. The minimum Gasteiger partial charge on any atom is -0.375 e. The molecule has 1 aliphatic rings. The lowest BCUT2D eigenvalue weighted by molar-refractivity contribution is 0.0381. The summed E-state index contributed by atoms with van der Waals surface area (Å²) in [5.41, 5.74) is 1.26. The lowest BCUT2D eigenvalue weighted by Gasteiger charge is -2.35. The molecular formula is C14H23N3O. The Morgan fingerprint density at radius 2 is 2.44 bits per heavy atom.